The first kappa shape index (κ1) is 12.0. The van der Waals surface area contributed by atoms with Crippen molar-refractivity contribution in [2.24, 2.45) is 5.73 Å². The summed E-state index contributed by atoms with van der Waals surface area (Å²) < 4.78 is 0. The van der Waals surface area contributed by atoms with E-state index in [1.54, 1.807) is 0 Å². The van der Waals surface area contributed by atoms with E-state index in [9.17, 15) is 0 Å². The van der Waals surface area contributed by atoms with E-state index >= 15 is 0 Å². The van der Waals surface area contributed by atoms with Gasteiger partial charge in [0.2, 0.25) is 0 Å². The fourth-order valence-electron chi connectivity index (χ4n) is 1.54. The van der Waals surface area contributed by atoms with Crippen molar-refractivity contribution < 1.29 is 0 Å². The molecule has 0 aliphatic heterocycles. The molecule has 2 rings (SSSR count). The summed E-state index contributed by atoms with van der Waals surface area (Å²) in [6.45, 7) is 0.693. The highest BCUT2D eigenvalue weighted by molar-refractivity contribution is 6.30. The standard InChI is InChI=1S/C13H14ClN3/c14-12-5-3-11(4-6-12)13-16-8-10(9-17-13)2-1-7-15/h3-6,8-9H,1-2,7,15H2. The van der Waals surface area contributed by atoms with Crippen molar-refractivity contribution in [3.63, 3.8) is 0 Å². The molecule has 1 heterocycles. The number of aryl methyl sites for hydroxylation is 1. The van der Waals surface area contributed by atoms with Crippen LogP contribution >= 0.6 is 11.6 Å². The fraction of sp³-hybridized carbons (Fsp3) is 0.231. The molecule has 0 bridgehead atoms. The molecular formula is C13H14ClN3. The highest BCUT2D eigenvalue weighted by Crippen LogP contribution is 2.17. The molecule has 1 aromatic carbocycles. The van der Waals surface area contributed by atoms with E-state index in [2.05, 4.69) is 9.97 Å². The predicted octanol–water partition coefficient (Wildman–Crippen LogP) is 2.69. The third-order valence-corrected chi connectivity index (χ3v) is 2.73. The van der Waals surface area contributed by atoms with Crippen LogP contribution in [0.3, 0.4) is 0 Å². The average molecular weight is 248 g/mol. The van der Waals surface area contributed by atoms with Gasteiger partial charge in [-0.3, -0.25) is 0 Å². The van der Waals surface area contributed by atoms with Gasteiger partial charge in [-0.05, 0) is 49.2 Å². The van der Waals surface area contributed by atoms with Crippen LogP contribution in [0.15, 0.2) is 36.7 Å². The molecule has 0 saturated carbocycles. The van der Waals surface area contributed by atoms with Gasteiger partial charge in [0.25, 0.3) is 0 Å². The van der Waals surface area contributed by atoms with E-state index in [0.29, 0.717) is 11.6 Å². The van der Waals surface area contributed by atoms with E-state index in [-0.39, 0.29) is 0 Å². The minimum atomic E-state index is 0.693. The maximum Gasteiger partial charge on any atom is 0.159 e. The van der Waals surface area contributed by atoms with Crippen molar-refractivity contribution >= 4 is 11.6 Å². The first-order chi connectivity index (χ1) is 8.29. The van der Waals surface area contributed by atoms with Gasteiger partial charge in [-0.2, -0.15) is 0 Å². The van der Waals surface area contributed by atoms with Crippen molar-refractivity contribution in [2.75, 3.05) is 6.54 Å². The third kappa shape index (κ3) is 3.25. The van der Waals surface area contributed by atoms with Crippen LogP contribution in [-0.4, -0.2) is 16.5 Å². The second kappa shape index (κ2) is 5.75. The van der Waals surface area contributed by atoms with Crippen LogP contribution in [0.2, 0.25) is 5.02 Å². The Morgan fingerprint density at radius 1 is 1.06 bits per heavy atom. The number of nitrogens with zero attached hydrogens (tertiary/aromatic N) is 2. The number of rotatable bonds is 4. The molecule has 0 radical (unpaired) electrons. The lowest BCUT2D eigenvalue weighted by Crippen LogP contribution is -2.01. The molecule has 2 N–H and O–H groups in total. The minimum Gasteiger partial charge on any atom is -0.330 e. The topological polar surface area (TPSA) is 51.8 Å². The van der Waals surface area contributed by atoms with E-state index < -0.39 is 0 Å². The van der Waals surface area contributed by atoms with Crippen LogP contribution in [-0.2, 0) is 6.42 Å². The Labute approximate surface area is 106 Å². The number of halogens is 1. The predicted molar refractivity (Wildman–Crippen MR) is 69.9 cm³/mol. The second-order valence-electron chi connectivity index (χ2n) is 3.81. The first-order valence-electron chi connectivity index (χ1n) is 5.56. The van der Waals surface area contributed by atoms with Crippen molar-refractivity contribution in [1.29, 1.82) is 0 Å². The fourth-order valence-corrected chi connectivity index (χ4v) is 1.66. The summed E-state index contributed by atoms with van der Waals surface area (Å²) in [5, 5.41) is 0.716. The summed E-state index contributed by atoms with van der Waals surface area (Å²) in [6.07, 6.45) is 5.60. The largest absolute Gasteiger partial charge is 0.330 e. The molecule has 0 atom stereocenters. The molecule has 0 unspecified atom stereocenters. The highest BCUT2D eigenvalue weighted by Gasteiger charge is 2.01. The first-order valence-corrected chi connectivity index (χ1v) is 5.94. The van der Waals surface area contributed by atoms with Crippen LogP contribution in [0.1, 0.15) is 12.0 Å². The number of benzene rings is 1. The van der Waals surface area contributed by atoms with Gasteiger partial charge in [-0.15, -0.1) is 0 Å². The minimum absolute atomic E-state index is 0.693. The summed E-state index contributed by atoms with van der Waals surface area (Å²) in [5.41, 5.74) is 7.55. The zero-order chi connectivity index (χ0) is 12.1. The molecule has 17 heavy (non-hydrogen) atoms. The molecule has 0 aliphatic carbocycles. The van der Waals surface area contributed by atoms with Crippen LogP contribution in [0.4, 0.5) is 0 Å². The van der Waals surface area contributed by atoms with Gasteiger partial charge in [-0.1, -0.05) is 11.6 Å². The van der Waals surface area contributed by atoms with E-state index in [1.165, 1.54) is 0 Å². The molecule has 2 aromatic rings. The van der Waals surface area contributed by atoms with Crippen LogP contribution in [0, 0.1) is 0 Å². The molecule has 0 aliphatic rings. The quantitative estimate of drug-likeness (QED) is 0.904. The van der Waals surface area contributed by atoms with Crippen molar-refractivity contribution in [3.8, 4) is 11.4 Å². The summed E-state index contributed by atoms with van der Waals surface area (Å²) in [4.78, 5) is 8.67. The molecule has 88 valence electrons. The Balaban J connectivity index is 2.14. The number of aromatic nitrogens is 2. The summed E-state index contributed by atoms with van der Waals surface area (Å²) in [6, 6.07) is 7.50. The number of hydrogen-bond donors (Lipinski definition) is 1. The van der Waals surface area contributed by atoms with Gasteiger partial charge in [-0.25, -0.2) is 9.97 Å². The maximum absolute atomic E-state index is 5.83. The lowest BCUT2D eigenvalue weighted by molar-refractivity contribution is 0.824. The summed E-state index contributed by atoms with van der Waals surface area (Å²) in [5.74, 6) is 0.721. The van der Waals surface area contributed by atoms with E-state index in [4.69, 9.17) is 17.3 Å². The molecule has 0 saturated heterocycles. The summed E-state index contributed by atoms with van der Waals surface area (Å²) >= 11 is 5.83. The molecule has 0 amide bonds. The SMILES string of the molecule is NCCCc1cnc(-c2ccc(Cl)cc2)nc1. The van der Waals surface area contributed by atoms with E-state index in [1.807, 2.05) is 36.7 Å². The van der Waals surface area contributed by atoms with Crippen molar-refractivity contribution in [3.05, 3.63) is 47.2 Å². The Morgan fingerprint density at radius 2 is 1.71 bits per heavy atom. The average Bonchev–Trinajstić information content (AvgIpc) is 2.38. The zero-order valence-electron chi connectivity index (χ0n) is 9.44. The van der Waals surface area contributed by atoms with Gasteiger partial charge in [0.05, 0.1) is 0 Å². The summed E-state index contributed by atoms with van der Waals surface area (Å²) in [7, 11) is 0. The Morgan fingerprint density at radius 3 is 2.29 bits per heavy atom. The Hall–Kier alpha value is -1.45. The molecule has 4 heteroatoms. The highest BCUT2D eigenvalue weighted by atomic mass is 35.5. The van der Waals surface area contributed by atoms with Gasteiger partial charge in [0.1, 0.15) is 0 Å². The smallest absolute Gasteiger partial charge is 0.159 e. The Kier molecular flexibility index (Phi) is 4.07. The normalized spacial score (nSPS) is 10.5. The van der Waals surface area contributed by atoms with Gasteiger partial charge >= 0.3 is 0 Å². The molecule has 0 spiro atoms. The zero-order valence-corrected chi connectivity index (χ0v) is 10.2. The van der Waals surface area contributed by atoms with Crippen LogP contribution in [0.25, 0.3) is 11.4 Å². The van der Waals surface area contributed by atoms with Crippen molar-refractivity contribution in [1.82, 2.24) is 9.97 Å². The van der Waals surface area contributed by atoms with Crippen LogP contribution in [0.5, 0.6) is 0 Å². The van der Waals surface area contributed by atoms with Crippen molar-refractivity contribution in [2.45, 2.75) is 12.8 Å². The van der Waals surface area contributed by atoms with Crippen LogP contribution < -0.4 is 5.73 Å². The maximum atomic E-state index is 5.83. The van der Waals surface area contributed by atoms with Gasteiger partial charge in [0, 0.05) is 23.0 Å². The lowest BCUT2D eigenvalue weighted by atomic mass is 10.2. The third-order valence-electron chi connectivity index (χ3n) is 2.48. The van der Waals surface area contributed by atoms with E-state index in [0.717, 1.165) is 29.8 Å². The molecule has 1 aromatic heterocycles. The second-order valence-corrected chi connectivity index (χ2v) is 4.25. The number of hydrogen-bond acceptors (Lipinski definition) is 3. The molecule has 0 fully saturated rings. The molecule has 3 nitrogen and oxygen atoms in total. The van der Waals surface area contributed by atoms with Gasteiger partial charge < -0.3 is 5.73 Å². The lowest BCUT2D eigenvalue weighted by Gasteiger charge is -2.02. The number of nitrogens with two attached hydrogens (primary N) is 1. The Bertz CT molecular complexity index is 465. The monoisotopic (exact) mass is 247 g/mol. The molecular weight excluding hydrogens is 234 g/mol. The van der Waals surface area contributed by atoms with Gasteiger partial charge in [0.15, 0.2) is 5.82 Å².